The summed E-state index contributed by atoms with van der Waals surface area (Å²) in [6.45, 7) is 3.72. The highest BCUT2D eigenvalue weighted by Gasteiger charge is 2.39. The fourth-order valence-corrected chi connectivity index (χ4v) is 5.44. The van der Waals surface area contributed by atoms with Crippen molar-refractivity contribution in [1.82, 2.24) is 4.72 Å². The minimum atomic E-state index is -2.84. The molecule has 0 spiro atoms. The number of halogens is 4. The van der Waals surface area contributed by atoms with Crippen LogP contribution in [-0.4, -0.2) is 29.1 Å². The molecule has 2 rings (SSSR count). The predicted octanol–water partition coefficient (Wildman–Crippen LogP) is 7.72. The summed E-state index contributed by atoms with van der Waals surface area (Å²) in [5, 5.41) is 0. The lowest BCUT2D eigenvalue weighted by molar-refractivity contribution is 0.150. The molecule has 2 aromatic carbocycles. The van der Waals surface area contributed by atoms with Gasteiger partial charge in [-0.05, 0) is 49.2 Å². The molecule has 0 saturated heterocycles. The smallest absolute Gasteiger partial charge is 0.259 e. The number of nitrogens with one attached hydrogen (secondary N) is 1. The van der Waals surface area contributed by atoms with Crippen molar-refractivity contribution in [3.63, 3.8) is 0 Å². The van der Waals surface area contributed by atoms with E-state index in [4.69, 9.17) is 11.6 Å². The normalized spacial score (nSPS) is 15.0. The maximum atomic E-state index is 14.8. The van der Waals surface area contributed by atoms with E-state index >= 15 is 0 Å². The van der Waals surface area contributed by atoms with Gasteiger partial charge in [0.1, 0.15) is 5.82 Å². The lowest BCUT2D eigenvalue weighted by Gasteiger charge is -2.39. The van der Waals surface area contributed by atoms with Crippen LogP contribution in [0.2, 0.25) is 0 Å². The van der Waals surface area contributed by atoms with Gasteiger partial charge in [0.2, 0.25) is 0 Å². The first-order chi connectivity index (χ1) is 16.7. The van der Waals surface area contributed by atoms with Crippen molar-refractivity contribution >= 4 is 38.4 Å². The van der Waals surface area contributed by atoms with Crippen molar-refractivity contribution in [2.45, 2.75) is 32.2 Å². The summed E-state index contributed by atoms with van der Waals surface area (Å²) in [4.78, 5) is 4.65. The van der Waals surface area contributed by atoms with Crippen molar-refractivity contribution in [1.29, 1.82) is 0 Å². The molecular weight excluding hydrogens is 489 g/mol. The van der Waals surface area contributed by atoms with Gasteiger partial charge in [-0.1, -0.05) is 66.4 Å². The van der Waals surface area contributed by atoms with E-state index in [0.717, 1.165) is 11.6 Å². The molecule has 0 saturated carbocycles. The largest absolute Gasteiger partial charge is 0.263 e. The van der Waals surface area contributed by atoms with E-state index in [0.29, 0.717) is 23.4 Å². The number of hydrogen-bond donors (Lipinski definition) is 1. The third-order valence-electron chi connectivity index (χ3n) is 5.18. The van der Waals surface area contributed by atoms with Crippen LogP contribution in [0, 0.1) is 5.82 Å². The molecule has 2 nitrogen and oxygen atoms in total. The Labute approximate surface area is 212 Å². The van der Waals surface area contributed by atoms with E-state index in [1.165, 1.54) is 12.1 Å². The minimum absolute atomic E-state index is 0.215. The zero-order valence-corrected chi connectivity index (χ0v) is 21.6. The lowest BCUT2D eigenvalue weighted by Crippen LogP contribution is -2.49. The molecule has 0 aliphatic carbocycles. The summed E-state index contributed by atoms with van der Waals surface area (Å²) in [6.07, 6.45) is 8.12. The Bertz CT molecular complexity index is 1190. The van der Waals surface area contributed by atoms with Gasteiger partial charge >= 0.3 is 0 Å². The molecule has 0 bridgehead atoms. The topological polar surface area (TPSA) is 24.4 Å². The molecule has 0 amide bonds. The highest BCUT2D eigenvalue weighted by Crippen LogP contribution is 2.37. The van der Waals surface area contributed by atoms with Gasteiger partial charge < -0.3 is 0 Å². The first-order valence-electron chi connectivity index (χ1n) is 11.1. The molecule has 35 heavy (non-hydrogen) atoms. The number of benzene rings is 2. The van der Waals surface area contributed by atoms with Crippen LogP contribution in [0.1, 0.15) is 37.0 Å². The Hall–Kier alpha value is -2.54. The van der Waals surface area contributed by atoms with Gasteiger partial charge in [0, 0.05) is 29.8 Å². The summed E-state index contributed by atoms with van der Waals surface area (Å²) in [6, 6.07) is 13.0. The van der Waals surface area contributed by atoms with Gasteiger partial charge in [-0.3, -0.25) is 9.71 Å². The molecular formula is C28H32ClF3N2S. The fourth-order valence-electron chi connectivity index (χ4n) is 3.67. The standard InChI is InChI=1S/C28H32ClF3N2S/c1-5-7-17-35(3,4)34-28(21-22-12-9-8-10-13-22,26(14-11-15-29)33-16-6-2)24-18-23(27(31)32)19-25(30)20-24/h5-14,16,18-20,27,34H,3-4,15,17,21H2,1-2H3/b7-5-,14-11-,16-6+,33-26+/t28-/m1/s1. The van der Waals surface area contributed by atoms with E-state index in [1.54, 1.807) is 24.4 Å². The van der Waals surface area contributed by atoms with Gasteiger partial charge in [-0.2, -0.15) is 9.39 Å². The van der Waals surface area contributed by atoms with E-state index < -0.39 is 32.7 Å². The second-order valence-electron chi connectivity index (χ2n) is 8.08. The van der Waals surface area contributed by atoms with Crippen molar-refractivity contribution in [2.75, 3.05) is 11.6 Å². The monoisotopic (exact) mass is 520 g/mol. The summed E-state index contributed by atoms with van der Waals surface area (Å²) in [5.41, 5.74) is 0.0549. The molecule has 0 radical (unpaired) electrons. The average molecular weight is 521 g/mol. The molecule has 0 aliphatic rings. The Kier molecular flexibility index (Phi) is 11.1. The summed E-state index contributed by atoms with van der Waals surface area (Å²) in [7, 11) is -2.03. The van der Waals surface area contributed by atoms with Crippen LogP contribution < -0.4 is 4.72 Å². The number of allylic oxidation sites excluding steroid dienone is 3. The van der Waals surface area contributed by atoms with Gasteiger partial charge in [-0.25, -0.2) is 13.2 Å². The summed E-state index contributed by atoms with van der Waals surface area (Å²) < 4.78 is 45.9. The fraction of sp³-hybridized carbons (Fsp3) is 0.250. The molecule has 0 aliphatic heterocycles. The van der Waals surface area contributed by atoms with Crippen molar-refractivity contribution < 1.29 is 13.2 Å². The van der Waals surface area contributed by atoms with E-state index in [9.17, 15) is 13.2 Å². The van der Waals surface area contributed by atoms with Gasteiger partial charge in [0.05, 0.1) is 11.3 Å². The summed E-state index contributed by atoms with van der Waals surface area (Å²) in [5.74, 6) is 8.63. The van der Waals surface area contributed by atoms with Gasteiger partial charge in [-0.15, -0.1) is 11.6 Å². The number of alkyl halides is 3. The Balaban J connectivity index is 2.97. The zero-order chi connectivity index (χ0) is 25.9. The molecule has 7 heteroatoms. The van der Waals surface area contributed by atoms with Gasteiger partial charge in [0.25, 0.3) is 6.43 Å². The number of hydrogen-bond acceptors (Lipinski definition) is 2. The van der Waals surface area contributed by atoms with Crippen LogP contribution in [-0.2, 0) is 12.0 Å². The Morgan fingerprint density at radius 2 is 1.83 bits per heavy atom. The lowest BCUT2D eigenvalue weighted by atomic mass is 9.79. The summed E-state index contributed by atoms with van der Waals surface area (Å²) >= 11 is 5.96. The van der Waals surface area contributed by atoms with Gasteiger partial charge in [0.15, 0.2) is 0 Å². The third-order valence-corrected chi connectivity index (χ3v) is 6.97. The van der Waals surface area contributed by atoms with Crippen LogP contribution in [0.4, 0.5) is 13.2 Å². The number of aliphatic imine (C=N–C) groups is 1. The van der Waals surface area contributed by atoms with E-state index in [2.05, 4.69) is 21.5 Å². The van der Waals surface area contributed by atoms with Crippen molar-refractivity contribution in [2.24, 2.45) is 4.99 Å². The third kappa shape index (κ3) is 8.27. The van der Waals surface area contributed by atoms with E-state index in [1.807, 2.05) is 56.3 Å². The second-order valence-corrected chi connectivity index (χ2v) is 11.0. The van der Waals surface area contributed by atoms with Crippen molar-refractivity contribution in [3.05, 3.63) is 108 Å². The highest BCUT2D eigenvalue weighted by atomic mass is 35.5. The molecule has 1 atom stereocenters. The van der Waals surface area contributed by atoms with E-state index in [-0.39, 0.29) is 5.88 Å². The van der Waals surface area contributed by atoms with Crippen LogP contribution in [0.5, 0.6) is 0 Å². The molecule has 188 valence electrons. The van der Waals surface area contributed by atoms with Crippen LogP contribution in [0.15, 0.2) is 90.1 Å². The Morgan fingerprint density at radius 3 is 2.43 bits per heavy atom. The van der Waals surface area contributed by atoms with Crippen molar-refractivity contribution in [3.8, 4) is 0 Å². The maximum Gasteiger partial charge on any atom is 0.263 e. The number of nitrogens with zero attached hydrogens (tertiary/aromatic N) is 1. The molecule has 0 heterocycles. The zero-order valence-electron chi connectivity index (χ0n) is 20.1. The second kappa shape index (κ2) is 13.5. The highest BCUT2D eigenvalue weighted by molar-refractivity contribution is 8.26. The van der Waals surface area contributed by atoms with Crippen LogP contribution >= 0.6 is 21.0 Å². The van der Waals surface area contributed by atoms with Crippen LogP contribution in [0.3, 0.4) is 0 Å². The Morgan fingerprint density at radius 1 is 1.11 bits per heavy atom. The first kappa shape index (κ1) is 28.7. The molecule has 0 aromatic heterocycles. The predicted molar refractivity (Wildman–Crippen MR) is 150 cm³/mol. The molecule has 0 fully saturated rings. The first-order valence-corrected chi connectivity index (χ1v) is 13.8. The molecule has 2 aromatic rings. The minimum Gasteiger partial charge on any atom is -0.259 e. The SMILES string of the molecule is C=S(=C)(C/C=C\C)N[C@@](Cc1ccccc1)(C(/C=C\CCl)=N/C=C/C)c1cc(F)cc(C(F)F)c1. The quantitative estimate of drug-likeness (QED) is 0.132. The molecule has 1 N–H and O–H groups in total. The maximum absolute atomic E-state index is 14.8. The average Bonchev–Trinajstić information content (AvgIpc) is 2.82. The number of rotatable bonds is 12. The van der Waals surface area contributed by atoms with Crippen LogP contribution in [0.25, 0.3) is 0 Å². The molecule has 0 unspecified atom stereocenters.